The Kier molecular flexibility index (Phi) is 8.50. The lowest BCUT2D eigenvalue weighted by Crippen LogP contribution is -1.50. The molecule has 0 rings (SSSR count). The summed E-state index contributed by atoms with van der Waals surface area (Å²) in [5.74, 6) is 0. The van der Waals surface area contributed by atoms with Gasteiger partial charge in [0.2, 0.25) is 0 Å². The van der Waals surface area contributed by atoms with Gasteiger partial charge in [0.1, 0.15) is 0 Å². The van der Waals surface area contributed by atoms with Gasteiger partial charge in [-0.05, 0) is 0 Å². The van der Waals surface area contributed by atoms with Crippen LogP contribution in [-0.4, -0.2) is 9.32 Å². The number of hydrogen-bond acceptors (Lipinski definition) is 2. The zero-order chi connectivity index (χ0) is 4.83. The van der Waals surface area contributed by atoms with Crippen LogP contribution < -0.4 is 0 Å². The Morgan fingerprint density at radius 3 is 1.50 bits per heavy atom. The fourth-order valence-corrected chi connectivity index (χ4v) is 2.95. The van der Waals surface area contributed by atoms with Crippen molar-refractivity contribution in [3.8, 4) is 0 Å². The fourth-order valence-electron chi connectivity index (χ4n) is 0.0630. The first-order valence-corrected chi connectivity index (χ1v) is 6.01. The zero-order valence-electron chi connectivity index (χ0n) is 2.99. The molecule has 6 heavy (non-hydrogen) atoms. The molecule has 0 aromatic rings. The highest BCUT2D eigenvalue weighted by Crippen LogP contribution is 2.23. The molecule has 0 aliphatic heterocycles. The Labute approximate surface area is 62.5 Å². The zero-order valence-corrected chi connectivity index (χ0v) is 7.79. The Morgan fingerprint density at radius 1 is 1.00 bits per heavy atom. The minimum atomic E-state index is 1.02. The first-order valence-electron chi connectivity index (χ1n) is 1.28. The molecule has 0 amide bonds. The minimum absolute atomic E-state index is 1.02. The van der Waals surface area contributed by atoms with E-state index in [-0.39, 0.29) is 0 Å². The SMILES string of the molecule is BrCSSCBr. The lowest BCUT2D eigenvalue weighted by Gasteiger charge is -1.84. The summed E-state index contributed by atoms with van der Waals surface area (Å²) in [7, 11) is 3.59. The van der Waals surface area contributed by atoms with Crippen molar-refractivity contribution < 1.29 is 0 Å². The number of rotatable bonds is 3. The van der Waals surface area contributed by atoms with Gasteiger partial charge >= 0.3 is 0 Å². The predicted molar refractivity (Wildman–Crippen MR) is 42.8 cm³/mol. The molecule has 0 heterocycles. The second-order valence-corrected chi connectivity index (χ2v) is 5.52. The van der Waals surface area contributed by atoms with Gasteiger partial charge in [0.05, 0.1) is 9.32 Å². The number of alkyl halides is 2. The van der Waals surface area contributed by atoms with E-state index in [4.69, 9.17) is 0 Å². The average molecular weight is 252 g/mol. The van der Waals surface area contributed by atoms with Gasteiger partial charge in [0, 0.05) is 0 Å². The van der Waals surface area contributed by atoms with Crippen LogP contribution in [0.3, 0.4) is 0 Å². The molecule has 0 aliphatic carbocycles. The Bertz CT molecular complexity index is 21.5. The highest BCUT2D eigenvalue weighted by atomic mass is 79.9. The summed E-state index contributed by atoms with van der Waals surface area (Å²) in [5.41, 5.74) is 0. The van der Waals surface area contributed by atoms with Crippen LogP contribution in [0.2, 0.25) is 0 Å². The van der Waals surface area contributed by atoms with Gasteiger partial charge in [-0.2, -0.15) is 0 Å². The minimum Gasteiger partial charge on any atom is -0.0817 e. The lowest BCUT2D eigenvalue weighted by atomic mass is 11.9. The topological polar surface area (TPSA) is 0 Å². The summed E-state index contributed by atoms with van der Waals surface area (Å²) in [6, 6.07) is 0. The maximum absolute atomic E-state index is 3.27. The van der Waals surface area contributed by atoms with Crippen molar-refractivity contribution in [2.45, 2.75) is 0 Å². The molecule has 0 radical (unpaired) electrons. The van der Waals surface area contributed by atoms with Crippen molar-refractivity contribution in [3.05, 3.63) is 0 Å². The van der Waals surface area contributed by atoms with Crippen LogP contribution >= 0.6 is 53.4 Å². The summed E-state index contributed by atoms with van der Waals surface area (Å²) in [5, 5.41) is 0. The molecule has 0 fully saturated rings. The normalized spacial score (nSPS) is 9.00. The Balaban J connectivity index is 2.34. The van der Waals surface area contributed by atoms with Gasteiger partial charge in [-0.15, -0.1) is 0 Å². The van der Waals surface area contributed by atoms with E-state index in [0.717, 1.165) is 9.32 Å². The van der Waals surface area contributed by atoms with Crippen molar-refractivity contribution in [1.29, 1.82) is 0 Å². The summed E-state index contributed by atoms with van der Waals surface area (Å²) in [6.45, 7) is 0. The third-order valence-electron chi connectivity index (χ3n) is 0.172. The molecule has 0 N–H and O–H groups in total. The van der Waals surface area contributed by atoms with Crippen LogP contribution in [0, 0.1) is 0 Å². The highest BCUT2D eigenvalue weighted by Gasteiger charge is 1.77. The molecule has 0 unspecified atom stereocenters. The molecule has 4 heteroatoms. The quantitative estimate of drug-likeness (QED) is 0.430. The van der Waals surface area contributed by atoms with E-state index in [1.807, 2.05) is 0 Å². The van der Waals surface area contributed by atoms with Gasteiger partial charge < -0.3 is 0 Å². The molecule has 0 aliphatic rings. The predicted octanol–water partition coefficient (Wildman–Crippen LogP) is 3.07. The molecule has 0 bridgehead atoms. The van der Waals surface area contributed by atoms with Gasteiger partial charge in [0.15, 0.2) is 0 Å². The van der Waals surface area contributed by atoms with E-state index in [9.17, 15) is 0 Å². The number of hydrogen-bond donors (Lipinski definition) is 0. The molecular weight excluding hydrogens is 248 g/mol. The summed E-state index contributed by atoms with van der Waals surface area (Å²) < 4.78 is 2.03. The third kappa shape index (κ3) is 5.66. The van der Waals surface area contributed by atoms with E-state index in [1.54, 1.807) is 21.6 Å². The smallest absolute Gasteiger partial charge is 0.0594 e. The van der Waals surface area contributed by atoms with E-state index >= 15 is 0 Å². The van der Waals surface area contributed by atoms with E-state index in [2.05, 4.69) is 31.9 Å². The molecule has 0 aromatic heterocycles. The third-order valence-corrected chi connectivity index (χ3v) is 4.92. The largest absolute Gasteiger partial charge is 0.0817 e. The average Bonchev–Trinajstić information content (AvgIpc) is 1.61. The molecule has 0 aromatic carbocycles. The van der Waals surface area contributed by atoms with Crippen LogP contribution in [-0.2, 0) is 0 Å². The Hall–Kier alpha value is 1.66. The van der Waals surface area contributed by atoms with Crippen molar-refractivity contribution in [2.24, 2.45) is 0 Å². The van der Waals surface area contributed by atoms with Gasteiger partial charge in [-0.1, -0.05) is 53.4 Å². The van der Waals surface area contributed by atoms with Crippen molar-refractivity contribution >= 4 is 53.4 Å². The van der Waals surface area contributed by atoms with Crippen LogP contribution in [0.4, 0.5) is 0 Å². The molecule has 38 valence electrons. The van der Waals surface area contributed by atoms with Gasteiger partial charge in [0.25, 0.3) is 0 Å². The fraction of sp³-hybridized carbons (Fsp3) is 1.00. The van der Waals surface area contributed by atoms with Crippen LogP contribution in [0.15, 0.2) is 0 Å². The standard InChI is InChI=1S/C2H4Br2S2/c3-1-5-6-2-4/h1-2H2. The second kappa shape index (κ2) is 6.66. The van der Waals surface area contributed by atoms with Crippen molar-refractivity contribution in [3.63, 3.8) is 0 Å². The highest BCUT2D eigenvalue weighted by molar-refractivity contribution is 9.15. The van der Waals surface area contributed by atoms with Crippen LogP contribution in [0.5, 0.6) is 0 Å². The van der Waals surface area contributed by atoms with Gasteiger partial charge in [-0.3, -0.25) is 0 Å². The summed E-state index contributed by atoms with van der Waals surface area (Å²) >= 11 is 6.54. The first kappa shape index (κ1) is 7.66. The van der Waals surface area contributed by atoms with Crippen LogP contribution in [0.1, 0.15) is 0 Å². The molecular formula is C2H4Br2S2. The number of halogens is 2. The van der Waals surface area contributed by atoms with Crippen molar-refractivity contribution in [1.82, 2.24) is 0 Å². The van der Waals surface area contributed by atoms with Crippen molar-refractivity contribution in [2.75, 3.05) is 9.32 Å². The summed E-state index contributed by atoms with van der Waals surface area (Å²) in [6.07, 6.45) is 0. The van der Waals surface area contributed by atoms with Crippen LogP contribution in [0.25, 0.3) is 0 Å². The first-order chi connectivity index (χ1) is 2.91. The maximum atomic E-state index is 3.27. The molecule has 0 spiro atoms. The molecule has 0 atom stereocenters. The molecule has 0 saturated carbocycles. The maximum Gasteiger partial charge on any atom is 0.0594 e. The monoisotopic (exact) mass is 250 g/mol. The Morgan fingerprint density at radius 2 is 1.33 bits per heavy atom. The van der Waals surface area contributed by atoms with E-state index in [0.29, 0.717) is 0 Å². The van der Waals surface area contributed by atoms with Gasteiger partial charge in [-0.25, -0.2) is 0 Å². The van der Waals surface area contributed by atoms with E-state index < -0.39 is 0 Å². The van der Waals surface area contributed by atoms with E-state index in [1.165, 1.54) is 0 Å². The molecule has 0 saturated heterocycles. The second-order valence-electron chi connectivity index (χ2n) is 0.454. The lowest BCUT2D eigenvalue weighted by molar-refractivity contribution is 2.36. The summed E-state index contributed by atoms with van der Waals surface area (Å²) in [4.78, 5) is 0. The molecule has 0 nitrogen and oxygen atoms in total.